The SMILES string of the molecule is Cc1nc(Br)ccc1NC(=O)c1ccc(Cl)c([N+](=O)[O-])c1. The van der Waals surface area contributed by atoms with Crippen LogP contribution < -0.4 is 5.32 Å². The first-order valence-corrected chi connectivity index (χ1v) is 6.94. The van der Waals surface area contributed by atoms with Crippen LogP contribution in [0.25, 0.3) is 0 Å². The van der Waals surface area contributed by atoms with E-state index in [1.54, 1.807) is 19.1 Å². The van der Waals surface area contributed by atoms with Gasteiger partial charge in [-0.25, -0.2) is 4.98 Å². The van der Waals surface area contributed by atoms with E-state index >= 15 is 0 Å². The first-order chi connectivity index (χ1) is 9.88. The lowest BCUT2D eigenvalue weighted by atomic mass is 10.2. The van der Waals surface area contributed by atoms with Gasteiger partial charge in [-0.15, -0.1) is 0 Å². The van der Waals surface area contributed by atoms with Gasteiger partial charge in [0.1, 0.15) is 9.63 Å². The predicted molar refractivity (Wildman–Crippen MR) is 82.7 cm³/mol. The van der Waals surface area contributed by atoms with Crippen molar-refractivity contribution in [2.24, 2.45) is 0 Å². The van der Waals surface area contributed by atoms with E-state index < -0.39 is 10.8 Å². The standard InChI is InChI=1S/C13H9BrClN3O3/c1-7-10(4-5-12(14)16-7)17-13(19)8-2-3-9(15)11(6-8)18(20)21/h2-6H,1H3,(H,17,19). The molecule has 2 rings (SSSR count). The van der Waals surface area contributed by atoms with E-state index in [1.165, 1.54) is 12.1 Å². The van der Waals surface area contributed by atoms with Gasteiger partial charge in [-0.3, -0.25) is 14.9 Å². The second-order valence-corrected chi connectivity index (χ2v) is 5.36. The maximum atomic E-state index is 12.1. The summed E-state index contributed by atoms with van der Waals surface area (Å²) in [5.74, 6) is -0.470. The summed E-state index contributed by atoms with van der Waals surface area (Å²) in [6.07, 6.45) is 0. The van der Waals surface area contributed by atoms with Crippen molar-refractivity contribution in [3.05, 3.63) is 61.3 Å². The van der Waals surface area contributed by atoms with Crippen LogP contribution in [-0.2, 0) is 0 Å². The summed E-state index contributed by atoms with van der Waals surface area (Å²) in [4.78, 5) is 26.5. The Morgan fingerprint density at radius 3 is 2.71 bits per heavy atom. The Bertz CT molecular complexity index is 737. The van der Waals surface area contributed by atoms with Crippen LogP contribution >= 0.6 is 27.5 Å². The molecule has 1 aromatic carbocycles. The normalized spacial score (nSPS) is 10.2. The number of pyridine rings is 1. The number of anilines is 1. The fourth-order valence-electron chi connectivity index (χ4n) is 1.65. The highest BCUT2D eigenvalue weighted by atomic mass is 79.9. The molecular formula is C13H9BrClN3O3. The van der Waals surface area contributed by atoms with Crippen molar-refractivity contribution in [1.82, 2.24) is 4.98 Å². The Kier molecular flexibility index (Phi) is 4.54. The van der Waals surface area contributed by atoms with E-state index in [4.69, 9.17) is 11.6 Å². The van der Waals surface area contributed by atoms with Gasteiger partial charge >= 0.3 is 0 Å². The molecule has 1 N–H and O–H groups in total. The third-order valence-corrected chi connectivity index (χ3v) is 3.47. The van der Waals surface area contributed by atoms with Crippen molar-refractivity contribution in [2.75, 3.05) is 5.32 Å². The molecule has 0 fully saturated rings. The van der Waals surface area contributed by atoms with Crippen LogP contribution in [0.2, 0.25) is 5.02 Å². The van der Waals surface area contributed by atoms with Crippen molar-refractivity contribution in [2.45, 2.75) is 6.92 Å². The minimum atomic E-state index is -0.633. The summed E-state index contributed by atoms with van der Waals surface area (Å²) in [5.41, 5.74) is 0.991. The molecule has 0 aliphatic carbocycles. The number of rotatable bonds is 3. The van der Waals surface area contributed by atoms with Crippen molar-refractivity contribution >= 4 is 44.8 Å². The van der Waals surface area contributed by atoms with E-state index in [0.717, 1.165) is 6.07 Å². The highest BCUT2D eigenvalue weighted by Gasteiger charge is 2.16. The van der Waals surface area contributed by atoms with Gasteiger partial charge in [-0.1, -0.05) is 11.6 Å². The van der Waals surface area contributed by atoms with Crippen LogP contribution in [0.1, 0.15) is 16.1 Å². The van der Waals surface area contributed by atoms with Gasteiger partial charge in [0.2, 0.25) is 0 Å². The second kappa shape index (κ2) is 6.19. The van der Waals surface area contributed by atoms with Gasteiger partial charge in [0.25, 0.3) is 11.6 Å². The van der Waals surface area contributed by atoms with Crippen molar-refractivity contribution in [3.63, 3.8) is 0 Å². The van der Waals surface area contributed by atoms with Gasteiger partial charge in [0.05, 0.1) is 16.3 Å². The van der Waals surface area contributed by atoms with Gasteiger partial charge in [0, 0.05) is 11.6 Å². The molecule has 108 valence electrons. The lowest BCUT2D eigenvalue weighted by molar-refractivity contribution is -0.384. The summed E-state index contributed by atoms with van der Waals surface area (Å²) < 4.78 is 0.653. The van der Waals surface area contributed by atoms with E-state index in [0.29, 0.717) is 16.0 Å². The molecule has 6 nitrogen and oxygen atoms in total. The zero-order valence-corrected chi connectivity index (χ0v) is 13.1. The molecule has 21 heavy (non-hydrogen) atoms. The first kappa shape index (κ1) is 15.4. The zero-order valence-electron chi connectivity index (χ0n) is 10.8. The maximum Gasteiger partial charge on any atom is 0.288 e. The number of hydrogen-bond donors (Lipinski definition) is 1. The molecule has 0 unspecified atom stereocenters. The molecular weight excluding hydrogens is 362 g/mol. The Morgan fingerprint density at radius 1 is 1.38 bits per heavy atom. The largest absolute Gasteiger partial charge is 0.320 e. The average molecular weight is 371 g/mol. The van der Waals surface area contributed by atoms with Crippen molar-refractivity contribution < 1.29 is 9.72 Å². The quantitative estimate of drug-likeness (QED) is 0.503. The summed E-state index contributed by atoms with van der Waals surface area (Å²) in [6, 6.07) is 7.26. The molecule has 0 aliphatic heterocycles. The third-order valence-electron chi connectivity index (χ3n) is 2.71. The summed E-state index contributed by atoms with van der Waals surface area (Å²) in [6.45, 7) is 1.74. The number of aromatic nitrogens is 1. The van der Waals surface area contributed by atoms with Gasteiger partial charge in [-0.2, -0.15) is 0 Å². The lowest BCUT2D eigenvalue weighted by Crippen LogP contribution is -2.13. The number of hydrogen-bond acceptors (Lipinski definition) is 4. The summed E-state index contributed by atoms with van der Waals surface area (Å²) >= 11 is 8.94. The number of halogens is 2. The number of benzene rings is 1. The molecule has 0 spiro atoms. The number of nitrogens with zero attached hydrogens (tertiary/aromatic N) is 2. The molecule has 0 radical (unpaired) electrons. The van der Waals surface area contributed by atoms with E-state index in [-0.39, 0.29) is 16.3 Å². The average Bonchev–Trinajstić information content (AvgIpc) is 2.42. The number of aryl methyl sites for hydroxylation is 1. The van der Waals surface area contributed by atoms with Crippen LogP contribution in [0.5, 0.6) is 0 Å². The number of nitro groups is 1. The van der Waals surface area contributed by atoms with Gasteiger partial charge < -0.3 is 5.32 Å². The molecule has 1 heterocycles. The monoisotopic (exact) mass is 369 g/mol. The Balaban J connectivity index is 2.28. The van der Waals surface area contributed by atoms with Crippen molar-refractivity contribution in [1.29, 1.82) is 0 Å². The van der Waals surface area contributed by atoms with Gasteiger partial charge in [0.15, 0.2) is 0 Å². The first-order valence-electron chi connectivity index (χ1n) is 5.77. The third kappa shape index (κ3) is 3.56. The van der Waals surface area contributed by atoms with E-state index in [9.17, 15) is 14.9 Å². The molecule has 0 aliphatic rings. The lowest BCUT2D eigenvalue weighted by Gasteiger charge is -2.08. The Labute approximate surface area is 133 Å². The topological polar surface area (TPSA) is 85.1 Å². The van der Waals surface area contributed by atoms with E-state index in [1.807, 2.05) is 0 Å². The number of carbonyl (C=O) groups excluding carboxylic acids is 1. The number of nitro benzene ring substituents is 1. The summed E-state index contributed by atoms with van der Waals surface area (Å²) in [7, 11) is 0. The molecule has 8 heteroatoms. The van der Waals surface area contributed by atoms with Gasteiger partial charge in [-0.05, 0) is 47.1 Å². The molecule has 0 saturated heterocycles. The number of nitrogens with one attached hydrogen (secondary N) is 1. The van der Waals surface area contributed by atoms with Crippen LogP contribution in [0.15, 0.2) is 34.9 Å². The molecule has 1 aromatic heterocycles. The predicted octanol–water partition coefficient (Wildman–Crippen LogP) is 3.97. The van der Waals surface area contributed by atoms with Crippen LogP contribution in [0, 0.1) is 17.0 Å². The molecule has 0 saturated carbocycles. The van der Waals surface area contributed by atoms with E-state index in [2.05, 4.69) is 26.2 Å². The van der Waals surface area contributed by atoms with Crippen LogP contribution in [0.3, 0.4) is 0 Å². The molecule has 1 amide bonds. The summed E-state index contributed by atoms with van der Waals surface area (Å²) in [5, 5.41) is 13.5. The highest BCUT2D eigenvalue weighted by molar-refractivity contribution is 9.10. The Hall–Kier alpha value is -1.99. The highest BCUT2D eigenvalue weighted by Crippen LogP contribution is 2.25. The second-order valence-electron chi connectivity index (χ2n) is 4.14. The molecule has 2 aromatic rings. The van der Waals surface area contributed by atoms with Crippen LogP contribution in [0.4, 0.5) is 11.4 Å². The van der Waals surface area contributed by atoms with Crippen molar-refractivity contribution in [3.8, 4) is 0 Å². The zero-order chi connectivity index (χ0) is 15.6. The molecule has 0 bridgehead atoms. The Morgan fingerprint density at radius 2 is 2.10 bits per heavy atom. The fourth-order valence-corrected chi connectivity index (χ4v) is 2.24. The minimum Gasteiger partial charge on any atom is -0.320 e. The fraction of sp³-hybridized carbons (Fsp3) is 0.0769. The number of amides is 1. The maximum absolute atomic E-state index is 12.1. The van der Waals surface area contributed by atoms with Crippen LogP contribution in [-0.4, -0.2) is 15.8 Å². The smallest absolute Gasteiger partial charge is 0.288 e. The molecule has 0 atom stereocenters. The number of carbonyl (C=O) groups is 1. The minimum absolute atomic E-state index is 0.0157.